The summed E-state index contributed by atoms with van der Waals surface area (Å²) in [5.74, 6) is -0.238. The van der Waals surface area contributed by atoms with Gasteiger partial charge in [0.1, 0.15) is 0 Å². The molecule has 0 saturated heterocycles. The lowest BCUT2D eigenvalue weighted by Gasteiger charge is -2.20. The Morgan fingerprint density at radius 3 is 2.55 bits per heavy atom. The Hall–Kier alpha value is -3.78. The smallest absolute Gasteiger partial charge is 0.311 e. The fraction of sp³-hybridized carbons (Fsp3) is 0.130. The van der Waals surface area contributed by atoms with E-state index in [1.807, 2.05) is 54.6 Å². The van der Waals surface area contributed by atoms with E-state index in [-0.39, 0.29) is 22.9 Å². The normalized spacial score (nSPS) is 10.7. The van der Waals surface area contributed by atoms with Gasteiger partial charge in [0.05, 0.1) is 22.2 Å². The number of fused-ring (bicyclic) bond motifs is 1. The summed E-state index contributed by atoms with van der Waals surface area (Å²) >= 11 is 1.42. The minimum absolute atomic E-state index is 0.109. The molecule has 3 aromatic carbocycles. The van der Waals surface area contributed by atoms with Crippen molar-refractivity contribution in [2.45, 2.75) is 6.42 Å². The number of aromatic nitrogens is 1. The van der Waals surface area contributed by atoms with E-state index in [2.05, 4.69) is 4.98 Å². The molecule has 1 aromatic heterocycles. The molecule has 0 atom stereocenters. The largest absolute Gasteiger partial charge is 0.490 e. The first-order chi connectivity index (χ1) is 15.1. The number of hydrogen-bond donors (Lipinski definition) is 0. The lowest BCUT2D eigenvalue weighted by Crippen LogP contribution is -2.33. The summed E-state index contributed by atoms with van der Waals surface area (Å²) in [5.41, 5.74) is 1.85. The Morgan fingerprint density at radius 2 is 1.84 bits per heavy atom. The zero-order valence-electron chi connectivity index (χ0n) is 16.7. The molecule has 0 radical (unpaired) electrons. The van der Waals surface area contributed by atoms with Crippen LogP contribution >= 0.6 is 11.3 Å². The van der Waals surface area contributed by atoms with Gasteiger partial charge in [0, 0.05) is 18.2 Å². The van der Waals surface area contributed by atoms with Crippen LogP contribution in [-0.2, 0) is 6.42 Å². The quantitative estimate of drug-likeness (QED) is 0.299. The topological polar surface area (TPSA) is 85.6 Å². The van der Waals surface area contributed by atoms with Crippen LogP contribution < -0.4 is 9.64 Å². The fourth-order valence-electron chi connectivity index (χ4n) is 3.27. The highest BCUT2D eigenvalue weighted by Gasteiger charge is 2.24. The molecule has 0 aliphatic heterocycles. The summed E-state index contributed by atoms with van der Waals surface area (Å²) < 4.78 is 6.02. The highest BCUT2D eigenvalue weighted by atomic mass is 32.1. The number of thiazole rings is 1. The third kappa shape index (κ3) is 4.39. The van der Waals surface area contributed by atoms with E-state index in [9.17, 15) is 14.9 Å². The maximum atomic E-state index is 13.4. The summed E-state index contributed by atoms with van der Waals surface area (Å²) in [6.45, 7) is 0.391. The molecule has 0 fully saturated rings. The second kappa shape index (κ2) is 8.93. The van der Waals surface area contributed by atoms with Crippen LogP contribution in [-0.4, -0.2) is 29.5 Å². The van der Waals surface area contributed by atoms with E-state index < -0.39 is 4.92 Å². The van der Waals surface area contributed by atoms with Gasteiger partial charge in [0.15, 0.2) is 10.9 Å². The number of ether oxygens (including phenoxy) is 1. The van der Waals surface area contributed by atoms with Crippen molar-refractivity contribution in [3.8, 4) is 5.75 Å². The van der Waals surface area contributed by atoms with Crippen LogP contribution in [0.25, 0.3) is 10.2 Å². The van der Waals surface area contributed by atoms with Crippen LogP contribution in [0.15, 0.2) is 72.8 Å². The lowest BCUT2D eigenvalue weighted by molar-refractivity contribution is -0.385. The predicted octanol–water partition coefficient (Wildman–Crippen LogP) is 5.10. The highest BCUT2D eigenvalue weighted by Crippen LogP contribution is 2.32. The van der Waals surface area contributed by atoms with Crippen LogP contribution in [0, 0.1) is 10.1 Å². The second-order valence-corrected chi connectivity index (χ2v) is 7.81. The van der Waals surface area contributed by atoms with Crippen molar-refractivity contribution in [2.24, 2.45) is 0 Å². The first kappa shape index (κ1) is 20.5. The summed E-state index contributed by atoms with van der Waals surface area (Å²) in [5, 5.41) is 12.0. The van der Waals surface area contributed by atoms with Crippen molar-refractivity contribution in [3.63, 3.8) is 0 Å². The van der Waals surface area contributed by atoms with Gasteiger partial charge in [-0.15, -0.1) is 0 Å². The number of benzene rings is 3. The van der Waals surface area contributed by atoms with E-state index in [4.69, 9.17) is 4.74 Å². The third-order valence-corrected chi connectivity index (χ3v) is 5.91. The lowest BCUT2D eigenvalue weighted by atomic mass is 10.1. The van der Waals surface area contributed by atoms with Crippen LogP contribution in [0.2, 0.25) is 0 Å². The molecular weight excluding hydrogens is 414 g/mol. The molecule has 0 spiro atoms. The molecule has 0 N–H and O–H groups in total. The Labute approximate surface area is 182 Å². The number of carbonyl (C=O) groups excluding carboxylic acids is 1. The van der Waals surface area contributed by atoms with Gasteiger partial charge < -0.3 is 4.74 Å². The number of nitro groups is 1. The van der Waals surface area contributed by atoms with Crippen LogP contribution in [0.1, 0.15) is 15.9 Å². The van der Waals surface area contributed by atoms with E-state index >= 15 is 0 Å². The molecule has 156 valence electrons. The molecule has 0 bridgehead atoms. The molecular formula is C23H19N3O4S. The van der Waals surface area contributed by atoms with E-state index in [0.29, 0.717) is 18.1 Å². The van der Waals surface area contributed by atoms with Gasteiger partial charge >= 0.3 is 5.69 Å². The first-order valence-corrected chi connectivity index (χ1v) is 10.4. The van der Waals surface area contributed by atoms with Gasteiger partial charge in [0.2, 0.25) is 0 Å². The Morgan fingerprint density at radius 1 is 1.10 bits per heavy atom. The number of nitro benzene ring substituents is 1. The maximum absolute atomic E-state index is 13.4. The number of amides is 1. The van der Waals surface area contributed by atoms with Gasteiger partial charge in [-0.1, -0.05) is 53.8 Å². The van der Waals surface area contributed by atoms with Gasteiger partial charge in [-0.25, -0.2) is 4.98 Å². The molecule has 1 heterocycles. The van der Waals surface area contributed by atoms with Crippen molar-refractivity contribution in [3.05, 3.63) is 94.0 Å². The van der Waals surface area contributed by atoms with Crippen LogP contribution in [0.4, 0.5) is 10.8 Å². The zero-order chi connectivity index (χ0) is 21.8. The molecule has 7 nitrogen and oxygen atoms in total. The Bertz CT molecular complexity index is 1210. The molecule has 0 aliphatic rings. The van der Waals surface area contributed by atoms with Crippen molar-refractivity contribution in [2.75, 3.05) is 18.6 Å². The molecule has 31 heavy (non-hydrogen) atoms. The minimum Gasteiger partial charge on any atom is -0.490 e. The molecule has 4 aromatic rings. The Balaban J connectivity index is 1.71. The number of nitrogens with zero attached hydrogens (tertiary/aromatic N) is 3. The average molecular weight is 433 g/mol. The van der Waals surface area contributed by atoms with Crippen molar-refractivity contribution in [1.82, 2.24) is 4.98 Å². The number of anilines is 1. The molecule has 8 heteroatoms. The average Bonchev–Trinajstić information content (AvgIpc) is 3.23. The zero-order valence-corrected chi connectivity index (χ0v) is 17.5. The van der Waals surface area contributed by atoms with Crippen molar-refractivity contribution >= 4 is 38.3 Å². The van der Waals surface area contributed by atoms with Gasteiger partial charge in [-0.3, -0.25) is 19.8 Å². The number of hydrogen-bond acceptors (Lipinski definition) is 6. The Kier molecular flexibility index (Phi) is 5.90. The van der Waals surface area contributed by atoms with Gasteiger partial charge in [-0.2, -0.15) is 0 Å². The predicted molar refractivity (Wildman–Crippen MR) is 121 cm³/mol. The summed E-state index contributed by atoms with van der Waals surface area (Å²) in [7, 11) is 1.36. The number of para-hydroxylation sites is 1. The van der Waals surface area contributed by atoms with Gasteiger partial charge in [0.25, 0.3) is 5.91 Å². The summed E-state index contributed by atoms with van der Waals surface area (Å²) in [6.07, 6.45) is 0.626. The molecule has 0 saturated carbocycles. The molecule has 1 amide bonds. The van der Waals surface area contributed by atoms with E-state index in [1.165, 1.54) is 36.6 Å². The minimum atomic E-state index is -0.554. The summed E-state index contributed by atoms with van der Waals surface area (Å²) in [4.78, 5) is 30.5. The van der Waals surface area contributed by atoms with E-state index in [0.717, 1.165) is 15.8 Å². The number of carbonyl (C=O) groups is 1. The number of rotatable bonds is 7. The monoisotopic (exact) mass is 433 g/mol. The van der Waals surface area contributed by atoms with Crippen molar-refractivity contribution in [1.29, 1.82) is 0 Å². The van der Waals surface area contributed by atoms with E-state index in [1.54, 1.807) is 4.90 Å². The molecule has 0 unspecified atom stereocenters. The van der Waals surface area contributed by atoms with Crippen LogP contribution in [0.3, 0.4) is 0 Å². The standard InChI is InChI=1S/C23H19N3O4S/c1-30-20-12-11-17(15-19(20)26(28)29)22(27)25(14-13-16-7-3-2-4-8-16)23-24-18-9-5-6-10-21(18)31-23/h2-12,15H,13-14H2,1H3. The highest BCUT2D eigenvalue weighted by molar-refractivity contribution is 7.22. The van der Waals surface area contributed by atoms with Gasteiger partial charge in [-0.05, 0) is 36.2 Å². The molecule has 0 aliphatic carbocycles. The van der Waals surface area contributed by atoms with Crippen molar-refractivity contribution < 1.29 is 14.5 Å². The maximum Gasteiger partial charge on any atom is 0.311 e. The summed E-state index contributed by atoms with van der Waals surface area (Å²) in [6, 6.07) is 21.7. The fourth-order valence-corrected chi connectivity index (χ4v) is 4.26. The second-order valence-electron chi connectivity index (χ2n) is 6.80. The number of methoxy groups -OCH3 is 1. The molecule has 4 rings (SSSR count). The first-order valence-electron chi connectivity index (χ1n) is 9.60. The SMILES string of the molecule is COc1ccc(C(=O)N(CCc2ccccc2)c2nc3ccccc3s2)cc1[N+](=O)[O-]. The van der Waals surface area contributed by atoms with Crippen LogP contribution in [0.5, 0.6) is 5.75 Å². The third-order valence-electron chi connectivity index (χ3n) is 4.85.